The third kappa shape index (κ3) is 2.16. The highest BCUT2D eigenvalue weighted by molar-refractivity contribution is 9.10. The zero-order valence-corrected chi connectivity index (χ0v) is 10.5. The van der Waals surface area contributed by atoms with Crippen molar-refractivity contribution in [1.29, 1.82) is 0 Å². The van der Waals surface area contributed by atoms with Gasteiger partial charge in [-0.2, -0.15) is 0 Å². The smallest absolute Gasteiger partial charge is 0.0522 e. The molecule has 0 radical (unpaired) electrons. The average molecular weight is 266 g/mol. The van der Waals surface area contributed by atoms with E-state index in [9.17, 15) is 0 Å². The van der Waals surface area contributed by atoms with Crippen molar-refractivity contribution in [2.75, 3.05) is 0 Å². The Balaban J connectivity index is 2.32. The first-order valence-corrected chi connectivity index (χ1v) is 6.19. The predicted octanol–water partition coefficient (Wildman–Crippen LogP) is 3.87. The highest BCUT2D eigenvalue weighted by atomic mass is 79.9. The number of halogens is 1. The lowest BCUT2D eigenvalue weighted by molar-refractivity contribution is 0.781. The lowest BCUT2D eigenvalue weighted by Gasteiger charge is -2.16. The van der Waals surface area contributed by atoms with E-state index in [-0.39, 0.29) is 6.04 Å². The van der Waals surface area contributed by atoms with Crippen molar-refractivity contribution in [3.8, 4) is 0 Å². The first-order chi connectivity index (χ1) is 7.20. The summed E-state index contributed by atoms with van der Waals surface area (Å²) in [7, 11) is 0. The first-order valence-electron chi connectivity index (χ1n) is 5.39. The minimum absolute atomic E-state index is 0.0711. The molecule has 1 aromatic carbocycles. The monoisotopic (exact) mass is 265 g/mol. The molecule has 2 heteroatoms. The molecule has 1 nitrogen and oxygen atoms in total. The Morgan fingerprint density at radius 2 is 2.20 bits per heavy atom. The quantitative estimate of drug-likeness (QED) is 0.808. The van der Waals surface area contributed by atoms with Gasteiger partial charge in [-0.3, -0.25) is 0 Å². The Morgan fingerprint density at radius 3 is 2.87 bits per heavy atom. The summed E-state index contributed by atoms with van der Waals surface area (Å²) in [5.74, 6) is 0. The third-order valence-corrected chi connectivity index (χ3v) is 4.12. The Hall–Kier alpha value is -0.600. The first kappa shape index (κ1) is 10.9. The SMILES string of the molecule is Cc1cccc(C(N)C2=CCCC2)c1Br. The van der Waals surface area contributed by atoms with Gasteiger partial charge in [0.1, 0.15) is 0 Å². The van der Waals surface area contributed by atoms with Gasteiger partial charge >= 0.3 is 0 Å². The van der Waals surface area contributed by atoms with Gasteiger partial charge < -0.3 is 5.73 Å². The molecule has 0 aliphatic heterocycles. The van der Waals surface area contributed by atoms with Crippen LogP contribution < -0.4 is 5.73 Å². The Morgan fingerprint density at radius 1 is 1.40 bits per heavy atom. The number of hydrogen-bond acceptors (Lipinski definition) is 1. The van der Waals surface area contributed by atoms with Gasteiger partial charge in [-0.05, 0) is 37.3 Å². The van der Waals surface area contributed by atoms with Gasteiger partial charge in [0, 0.05) is 4.47 Å². The summed E-state index contributed by atoms with van der Waals surface area (Å²) >= 11 is 3.62. The van der Waals surface area contributed by atoms with Crippen molar-refractivity contribution in [2.24, 2.45) is 5.73 Å². The summed E-state index contributed by atoms with van der Waals surface area (Å²) in [6, 6.07) is 6.36. The Kier molecular flexibility index (Phi) is 3.27. The van der Waals surface area contributed by atoms with E-state index in [0.29, 0.717) is 0 Å². The maximum Gasteiger partial charge on any atom is 0.0522 e. The largest absolute Gasteiger partial charge is 0.321 e. The number of nitrogens with two attached hydrogens (primary N) is 1. The summed E-state index contributed by atoms with van der Waals surface area (Å²) in [6.45, 7) is 2.10. The molecule has 2 N–H and O–H groups in total. The Labute approximate surface area is 99.5 Å². The van der Waals surface area contributed by atoms with Gasteiger partial charge in [-0.15, -0.1) is 0 Å². The van der Waals surface area contributed by atoms with Crippen LogP contribution in [0.15, 0.2) is 34.3 Å². The summed E-state index contributed by atoms with van der Waals surface area (Å²) in [6.07, 6.45) is 5.89. The van der Waals surface area contributed by atoms with E-state index >= 15 is 0 Å². The van der Waals surface area contributed by atoms with Crippen molar-refractivity contribution < 1.29 is 0 Å². The molecule has 0 bridgehead atoms. The minimum atomic E-state index is 0.0711. The van der Waals surface area contributed by atoms with Gasteiger partial charge in [0.15, 0.2) is 0 Å². The van der Waals surface area contributed by atoms with Gasteiger partial charge in [0.05, 0.1) is 6.04 Å². The predicted molar refractivity (Wildman–Crippen MR) is 67.7 cm³/mol. The molecule has 0 saturated carbocycles. The van der Waals surface area contributed by atoms with Crippen LogP contribution in [0.5, 0.6) is 0 Å². The number of rotatable bonds is 2. The molecule has 1 aromatic rings. The summed E-state index contributed by atoms with van der Waals surface area (Å²) in [5.41, 5.74) is 10.1. The third-order valence-electron chi connectivity index (χ3n) is 3.03. The van der Waals surface area contributed by atoms with Gasteiger partial charge in [-0.25, -0.2) is 0 Å². The average Bonchev–Trinajstić information content (AvgIpc) is 2.74. The molecule has 0 saturated heterocycles. The number of hydrogen-bond donors (Lipinski definition) is 1. The lowest BCUT2D eigenvalue weighted by Crippen LogP contribution is -2.13. The molecule has 1 aliphatic carbocycles. The van der Waals surface area contributed by atoms with Crippen LogP contribution in [0.2, 0.25) is 0 Å². The van der Waals surface area contributed by atoms with Crippen molar-refractivity contribution in [3.05, 3.63) is 45.4 Å². The second-order valence-electron chi connectivity index (χ2n) is 4.13. The number of allylic oxidation sites excluding steroid dienone is 1. The molecule has 2 rings (SSSR count). The van der Waals surface area contributed by atoms with E-state index in [1.165, 1.54) is 29.5 Å². The van der Waals surface area contributed by atoms with Crippen molar-refractivity contribution in [1.82, 2.24) is 0 Å². The summed E-state index contributed by atoms with van der Waals surface area (Å²) in [4.78, 5) is 0. The molecule has 80 valence electrons. The normalized spacial score (nSPS) is 17.7. The fourth-order valence-corrected chi connectivity index (χ4v) is 2.60. The van der Waals surface area contributed by atoms with E-state index in [1.807, 2.05) is 0 Å². The maximum absolute atomic E-state index is 6.27. The van der Waals surface area contributed by atoms with E-state index in [4.69, 9.17) is 5.73 Å². The number of benzene rings is 1. The molecule has 1 atom stereocenters. The molecule has 1 aliphatic rings. The standard InChI is InChI=1S/C13H16BrN/c1-9-5-4-8-11(12(9)14)13(15)10-6-2-3-7-10/h4-6,8,13H,2-3,7,15H2,1H3. The zero-order valence-electron chi connectivity index (χ0n) is 8.96. The van der Waals surface area contributed by atoms with Gasteiger partial charge in [0.2, 0.25) is 0 Å². The minimum Gasteiger partial charge on any atom is -0.321 e. The molecule has 0 aromatic heterocycles. The molecule has 0 fully saturated rings. The fourth-order valence-electron chi connectivity index (χ4n) is 2.09. The van der Waals surface area contributed by atoms with Crippen LogP contribution in [0.25, 0.3) is 0 Å². The van der Waals surface area contributed by atoms with Crippen LogP contribution in [-0.4, -0.2) is 0 Å². The van der Waals surface area contributed by atoms with Crippen molar-refractivity contribution >= 4 is 15.9 Å². The van der Waals surface area contributed by atoms with E-state index in [0.717, 1.165) is 10.9 Å². The lowest BCUT2D eigenvalue weighted by atomic mass is 9.98. The van der Waals surface area contributed by atoms with Crippen LogP contribution >= 0.6 is 15.9 Å². The van der Waals surface area contributed by atoms with E-state index in [2.05, 4.69) is 47.1 Å². The van der Waals surface area contributed by atoms with E-state index < -0.39 is 0 Å². The summed E-state index contributed by atoms with van der Waals surface area (Å²) in [5, 5.41) is 0. The zero-order chi connectivity index (χ0) is 10.8. The van der Waals surface area contributed by atoms with Crippen LogP contribution in [0.3, 0.4) is 0 Å². The molecule has 1 unspecified atom stereocenters. The second kappa shape index (κ2) is 4.50. The van der Waals surface area contributed by atoms with Gasteiger partial charge in [0.25, 0.3) is 0 Å². The number of aryl methyl sites for hydroxylation is 1. The highest BCUT2D eigenvalue weighted by Gasteiger charge is 2.17. The highest BCUT2D eigenvalue weighted by Crippen LogP contribution is 2.33. The maximum atomic E-state index is 6.27. The summed E-state index contributed by atoms with van der Waals surface area (Å²) < 4.78 is 1.16. The van der Waals surface area contributed by atoms with Crippen molar-refractivity contribution in [3.63, 3.8) is 0 Å². The van der Waals surface area contributed by atoms with Crippen LogP contribution in [0.4, 0.5) is 0 Å². The molecule has 15 heavy (non-hydrogen) atoms. The molecule has 0 heterocycles. The molecule has 0 spiro atoms. The van der Waals surface area contributed by atoms with Crippen LogP contribution in [-0.2, 0) is 0 Å². The molecular formula is C13H16BrN. The topological polar surface area (TPSA) is 26.0 Å². The van der Waals surface area contributed by atoms with Crippen LogP contribution in [0, 0.1) is 6.92 Å². The fraction of sp³-hybridized carbons (Fsp3) is 0.385. The Bertz CT molecular complexity index is 396. The van der Waals surface area contributed by atoms with E-state index in [1.54, 1.807) is 0 Å². The second-order valence-corrected chi connectivity index (χ2v) is 4.92. The van der Waals surface area contributed by atoms with Crippen molar-refractivity contribution in [2.45, 2.75) is 32.2 Å². The van der Waals surface area contributed by atoms with Gasteiger partial charge in [-0.1, -0.05) is 45.8 Å². The molecular weight excluding hydrogens is 250 g/mol. The molecule has 0 amide bonds. The van der Waals surface area contributed by atoms with Crippen LogP contribution in [0.1, 0.15) is 36.4 Å².